The molecule has 0 atom stereocenters. The summed E-state index contributed by atoms with van der Waals surface area (Å²) >= 11 is 0. The molecule has 0 unspecified atom stereocenters. The molecule has 0 radical (unpaired) electrons. The summed E-state index contributed by atoms with van der Waals surface area (Å²) in [6.07, 6.45) is 3.47. The number of aryl methyl sites for hydroxylation is 1. The van der Waals surface area contributed by atoms with Crippen molar-refractivity contribution in [3.8, 4) is 28.4 Å². The molecule has 1 N–H and O–H groups in total. The van der Waals surface area contributed by atoms with Gasteiger partial charge in [0.25, 0.3) is 0 Å². The number of anilines is 3. The monoisotopic (exact) mass is 554 g/mol. The highest BCUT2D eigenvalue weighted by Gasteiger charge is 2.21. The number of morpholine rings is 1. The number of hydrogen-bond donors (Lipinski definition) is 1. The lowest BCUT2D eigenvalue weighted by Gasteiger charge is -2.28. The number of halogens is 2. The van der Waals surface area contributed by atoms with E-state index >= 15 is 4.39 Å². The topological polar surface area (TPSA) is 85.3 Å². The molecule has 10 heteroatoms. The largest absolute Gasteiger partial charge is 0.481 e. The molecule has 5 heterocycles. The van der Waals surface area contributed by atoms with Gasteiger partial charge in [-0.15, -0.1) is 0 Å². The summed E-state index contributed by atoms with van der Waals surface area (Å²) in [6.45, 7) is 6.35. The summed E-state index contributed by atoms with van der Waals surface area (Å²) in [5, 5.41) is 3.67. The number of fused-ring (bicyclic) bond motifs is 1. The molecular formula is C31H28F2N6O2. The van der Waals surface area contributed by atoms with Crippen molar-refractivity contribution in [3.05, 3.63) is 83.8 Å². The Labute approximate surface area is 236 Å². The van der Waals surface area contributed by atoms with E-state index in [9.17, 15) is 4.39 Å². The minimum absolute atomic E-state index is 0.184. The summed E-state index contributed by atoms with van der Waals surface area (Å²) in [7, 11) is 1.56. The molecule has 1 saturated heterocycles. The minimum Gasteiger partial charge on any atom is -0.481 e. The van der Waals surface area contributed by atoms with Crippen molar-refractivity contribution >= 4 is 28.1 Å². The summed E-state index contributed by atoms with van der Waals surface area (Å²) in [5.41, 5.74) is 5.49. The molecule has 0 amide bonds. The quantitative estimate of drug-likeness (QED) is 0.264. The fourth-order valence-corrected chi connectivity index (χ4v) is 5.02. The lowest BCUT2D eigenvalue weighted by molar-refractivity contribution is 0.122. The van der Waals surface area contributed by atoms with Crippen molar-refractivity contribution in [1.82, 2.24) is 19.9 Å². The average molecular weight is 555 g/mol. The molecule has 8 nitrogen and oxygen atoms in total. The maximum Gasteiger partial charge on any atom is 0.212 e. The van der Waals surface area contributed by atoms with Crippen LogP contribution in [0.3, 0.4) is 0 Å². The van der Waals surface area contributed by atoms with Gasteiger partial charge in [0.2, 0.25) is 5.88 Å². The summed E-state index contributed by atoms with van der Waals surface area (Å²) in [4.78, 5) is 20.5. The van der Waals surface area contributed by atoms with E-state index in [-0.39, 0.29) is 10.9 Å². The highest BCUT2D eigenvalue weighted by Crippen LogP contribution is 2.40. The van der Waals surface area contributed by atoms with Crippen LogP contribution in [-0.4, -0.2) is 53.3 Å². The second-order valence-electron chi connectivity index (χ2n) is 9.81. The molecule has 1 aliphatic heterocycles. The molecule has 208 valence electrons. The number of hydrogen-bond acceptors (Lipinski definition) is 8. The predicted octanol–water partition coefficient (Wildman–Crippen LogP) is 6.24. The molecule has 41 heavy (non-hydrogen) atoms. The van der Waals surface area contributed by atoms with Crippen LogP contribution in [0.15, 0.2) is 60.9 Å². The number of aromatic nitrogens is 4. The van der Waals surface area contributed by atoms with E-state index in [1.165, 1.54) is 6.07 Å². The van der Waals surface area contributed by atoms with E-state index in [0.29, 0.717) is 60.5 Å². The van der Waals surface area contributed by atoms with Crippen LogP contribution < -0.4 is 15.0 Å². The predicted molar refractivity (Wildman–Crippen MR) is 155 cm³/mol. The maximum absolute atomic E-state index is 15.5. The van der Waals surface area contributed by atoms with Crippen LogP contribution in [0, 0.1) is 25.5 Å². The van der Waals surface area contributed by atoms with E-state index in [2.05, 4.69) is 25.2 Å². The van der Waals surface area contributed by atoms with Gasteiger partial charge in [0.1, 0.15) is 17.5 Å². The van der Waals surface area contributed by atoms with Crippen molar-refractivity contribution in [3.63, 3.8) is 0 Å². The van der Waals surface area contributed by atoms with Gasteiger partial charge in [-0.1, -0.05) is 6.07 Å². The molecule has 0 spiro atoms. The standard InChI is InChI=1S/C31H28F2N6O2/c1-18-5-4-6-24(36-18)30-19(2)31(29-23(33)13-21(32)14-26(29)38-30)37-25-15-27(39-9-11-41-12-10-39)34-17-22(25)20-7-8-28(40-3)35-16-20/h4-8,13-17H,9-12H2,1-3H3,(H,34,37,38). The van der Waals surface area contributed by atoms with Gasteiger partial charge < -0.3 is 19.7 Å². The van der Waals surface area contributed by atoms with Gasteiger partial charge in [0.15, 0.2) is 0 Å². The molecule has 6 rings (SSSR count). The van der Waals surface area contributed by atoms with Crippen LogP contribution in [0.5, 0.6) is 5.88 Å². The smallest absolute Gasteiger partial charge is 0.212 e. The van der Waals surface area contributed by atoms with E-state index in [0.717, 1.165) is 28.7 Å². The molecule has 5 aromatic rings. The van der Waals surface area contributed by atoms with Crippen LogP contribution >= 0.6 is 0 Å². The Morgan fingerprint density at radius 3 is 2.51 bits per heavy atom. The second-order valence-corrected chi connectivity index (χ2v) is 9.81. The van der Waals surface area contributed by atoms with Crippen LogP contribution in [-0.2, 0) is 4.74 Å². The van der Waals surface area contributed by atoms with Gasteiger partial charge in [0, 0.05) is 72.1 Å². The van der Waals surface area contributed by atoms with Gasteiger partial charge in [0.05, 0.1) is 54.0 Å². The fourth-order valence-electron chi connectivity index (χ4n) is 5.02. The van der Waals surface area contributed by atoms with Crippen molar-refractivity contribution in [2.75, 3.05) is 43.6 Å². The van der Waals surface area contributed by atoms with Crippen molar-refractivity contribution in [2.24, 2.45) is 0 Å². The van der Waals surface area contributed by atoms with E-state index in [1.54, 1.807) is 25.6 Å². The number of methoxy groups -OCH3 is 1. The number of nitrogens with one attached hydrogen (secondary N) is 1. The highest BCUT2D eigenvalue weighted by atomic mass is 19.1. The van der Waals surface area contributed by atoms with Crippen molar-refractivity contribution in [2.45, 2.75) is 13.8 Å². The van der Waals surface area contributed by atoms with Crippen LogP contribution in [0.1, 0.15) is 11.3 Å². The van der Waals surface area contributed by atoms with E-state index < -0.39 is 11.6 Å². The number of benzene rings is 1. The number of nitrogens with zero attached hydrogens (tertiary/aromatic N) is 5. The first-order valence-electron chi connectivity index (χ1n) is 13.2. The molecule has 1 fully saturated rings. The average Bonchev–Trinajstić information content (AvgIpc) is 2.98. The number of rotatable bonds is 6. The SMILES string of the molecule is COc1ccc(-c2cnc(N3CCOCC3)cc2Nc2c(C)c(-c3cccc(C)n3)nc3cc(F)cc(F)c23)cn1. The Bertz CT molecular complexity index is 1740. The third-order valence-electron chi connectivity index (χ3n) is 7.12. The van der Waals surface area contributed by atoms with Gasteiger partial charge in [-0.3, -0.25) is 4.98 Å². The molecule has 0 aliphatic carbocycles. The van der Waals surface area contributed by atoms with Gasteiger partial charge in [-0.25, -0.2) is 23.7 Å². The van der Waals surface area contributed by atoms with Crippen molar-refractivity contribution in [1.29, 1.82) is 0 Å². The fraction of sp³-hybridized carbons (Fsp3) is 0.226. The van der Waals surface area contributed by atoms with Crippen molar-refractivity contribution < 1.29 is 18.3 Å². The number of ether oxygens (including phenoxy) is 2. The normalized spacial score (nSPS) is 13.4. The minimum atomic E-state index is -0.711. The third kappa shape index (κ3) is 5.26. The maximum atomic E-state index is 15.5. The molecular weight excluding hydrogens is 526 g/mol. The lowest BCUT2D eigenvalue weighted by atomic mass is 10.0. The Kier molecular flexibility index (Phi) is 7.15. The van der Waals surface area contributed by atoms with E-state index in [4.69, 9.17) is 14.5 Å². The molecule has 0 bridgehead atoms. The summed E-state index contributed by atoms with van der Waals surface area (Å²) < 4.78 is 40.6. The first kappa shape index (κ1) is 26.5. The van der Waals surface area contributed by atoms with E-state index in [1.807, 2.05) is 44.2 Å². The van der Waals surface area contributed by atoms with Gasteiger partial charge in [-0.05, 0) is 32.0 Å². The third-order valence-corrected chi connectivity index (χ3v) is 7.12. The lowest BCUT2D eigenvalue weighted by Crippen LogP contribution is -2.36. The Balaban J connectivity index is 1.56. The van der Waals surface area contributed by atoms with Crippen LogP contribution in [0.25, 0.3) is 33.4 Å². The molecule has 1 aromatic carbocycles. The molecule has 1 aliphatic rings. The second kappa shape index (κ2) is 11.1. The Hall–Kier alpha value is -4.70. The Morgan fingerprint density at radius 1 is 0.951 bits per heavy atom. The first-order chi connectivity index (χ1) is 19.9. The van der Waals surface area contributed by atoms with Gasteiger partial charge in [-0.2, -0.15) is 0 Å². The van der Waals surface area contributed by atoms with Gasteiger partial charge >= 0.3 is 0 Å². The summed E-state index contributed by atoms with van der Waals surface area (Å²) in [5.74, 6) is -0.179. The summed E-state index contributed by atoms with van der Waals surface area (Å²) in [6, 6.07) is 13.3. The zero-order valence-corrected chi connectivity index (χ0v) is 22.9. The van der Waals surface area contributed by atoms with Crippen LogP contribution in [0.2, 0.25) is 0 Å². The number of pyridine rings is 4. The molecule has 0 saturated carbocycles. The first-order valence-corrected chi connectivity index (χ1v) is 13.2. The highest BCUT2D eigenvalue weighted by molar-refractivity contribution is 5.99. The Morgan fingerprint density at radius 2 is 1.78 bits per heavy atom. The zero-order chi connectivity index (χ0) is 28.5. The van der Waals surface area contributed by atoms with Crippen LogP contribution in [0.4, 0.5) is 26.0 Å². The zero-order valence-electron chi connectivity index (χ0n) is 22.9. The molecule has 4 aromatic heterocycles.